The van der Waals surface area contributed by atoms with Gasteiger partial charge in [-0.1, -0.05) is 13.0 Å². The third-order valence-electron chi connectivity index (χ3n) is 2.45. The van der Waals surface area contributed by atoms with Gasteiger partial charge in [0.05, 0.1) is 12.9 Å². The Balaban J connectivity index is 2.65. The molecule has 17 heavy (non-hydrogen) atoms. The molecule has 1 aromatic carbocycles. The highest BCUT2D eigenvalue weighted by Gasteiger charge is 2.10. The smallest absolute Gasteiger partial charge is 0.131 e. The number of nitrogens with two attached hydrogens (primary N) is 1. The minimum Gasteiger partial charge on any atom is -0.497 e. The molecule has 0 spiro atoms. The van der Waals surface area contributed by atoms with Crippen molar-refractivity contribution in [1.82, 2.24) is 0 Å². The summed E-state index contributed by atoms with van der Waals surface area (Å²) in [5, 5.41) is 0. The Morgan fingerprint density at radius 1 is 1.53 bits per heavy atom. The molecule has 0 bridgehead atoms. The van der Waals surface area contributed by atoms with Crippen LogP contribution in [0.3, 0.4) is 0 Å². The Hall–Kier alpha value is -0.940. The molecule has 2 atom stereocenters. The predicted octanol–water partition coefficient (Wildman–Crippen LogP) is 1.68. The van der Waals surface area contributed by atoms with Gasteiger partial charge >= 0.3 is 0 Å². The van der Waals surface area contributed by atoms with E-state index in [9.17, 15) is 8.60 Å². The van der Waals surface area contributed by atoms with Crippen LogP contribution >= 0.6 is 0 Å². The largest absolute Gasteiger partial charge is 0.497 e. The second kappa shape index (κ2) is 6.71. The van der Waals surface area contributed by atoms with Crippen molar-refractivity contribution in [3.05, 3.63) is 29.6 Å². The van der Waals surface area contributed by atoms with E-state index in [1.165, 1.54) is 13.2 Å². The quantitative estimate of drug-likeness (QED) is 0.845. The lowest BCUT2D eigenvalue weighted by molar-refractivity contribution is 0.411. The minimum absolute atomic E-state index is 0.192. The van der Waals surface area contributed by atoms with E-state index in [0.717, 1.165) is 0 Å². The summed E-state index contributed by atoms with van der Waals surface area (Å²) in [5.74, 6) is 1.00. The predicted molar refractivity (Wildman–Crippen MR) is 67.9 cm³/mol. The van der Waals surface area contributed by atoms with Gasteiger partial charge in [-0.25, -0.2) is 4.39 Å². The molecular formula is C12H18FNO2S. The zero-order valence-corrected chi connectivity index (χ0v) is 10.9. The van der Waals surface area contributed by atoms with Crippen molar-refractivity contribution in [3.8, 4) is 5.75 Å². The van der Waals surface area contributed by atoms with Crippen LogP contribution in [0.1, 0.15) is 12.5 Å². The summed E-state index contributed by atoms with van der Waals surface area (Å²) in [6.45, 7) is 2.43. The number of rotatable bonds is 6. The summed E-state index contributed by atoms with van der Waals surface area (Å²) in [6.07, 6.45) is 0. The van der Waals surface area contributed by atoms with E-state index >= 15 is 0 Å². The Bertz CT molecular complexity index is 398. The normalized spacial score (nSPS) is 14.4. The fourth-order valence-corrected chi connectivity index (χ4v) is 2.86. The molecule has 0 saturated heterocycles. The van der Waals surface area contributed by atoms with Gasteiger partial charge in [-0.15, -0.1) is 0 Å². The topological polar surface area (TPSA) is 52.3 Å². The molecule has 3 nitrogen and oxygen atoms in total. The van der Waals surface area contributed by atoms with Gasteiger partial charge in [0.1, 0.15) is 11.6 Å². The van der Waals surface area contributed by atoms with Gasteiger partial charge in [0.15, 0.2) is 0 Å². The molecule has 1 rings (SSSR count). The fraction of sp³-hybridized carbons (Fsp3) is 0.500. The van der Waals surface area contributed by atoms with E-state index in [2.05, 4.69) is 0 Å². The van der Waals surface area contributed by atoms with Crippen LogP contribution in [-0.4, -0.2) is 23.6 Å². The van der Waals surface area contributed by atoms with E-state index < -0.39 is 10.8 Å². The average molecular weight is 259 g/mol. The maximum absolute atomic E-state index is 13.6. The van der Waals surface area contributed by atoms with Gasteiger partial charge in [0.2, 0.25) is 0 Å². The standard InChI is InChI=1S/C12H18FNO2S/c1-9(6-14)7-17(15)8-10-3-4-11(16-2)5-12(10)13/h3-5,9H,6-8,14H2,1-2H3. The molecule has 2 N–H and O–H groups in total. The summed E-state index contributed by atoms with van der Waals surface area (Å²) in [7, 11) is 0.401. The van der Waals surface area contributed by atoms with Crippen molar-refractivity contribution in [2.75, 3.05) is 19.4 Å². The first-order valence-electron chi connectivity index (χ1n) is 5.44. The van der Waals surface area contributed by atoms with Gasteiger partial charge in [-0.3, -0.25) is 4.21 Å². The Morgan fingerprint density at radius 3 is 2.76 bits per heavy atom. The maximum atomic E-state index is 13.6. The number of hydrogen-bond donors (Lipinski definition) is 1. The third kappa shape index (κ3) is 4.44. The zero-order chi connectivity index (χ0) is 12.8. The highest BCUT2D eigenvalue weighted by Crippen LogP contribution is 2.17. The lowest BCUT2D eigenvalue weighted by Gasteiger charge is -2.09. The number of methoxy groups -OCH3 is 1. The van der Waals surface area contributed by atoms with Gasteiger partial charge in [-0.2, -0.15) is 0 Å². The molecule has 2 unspecified atom stereocenters. The third-order valence-corrected chi connectivity index (χ3v) is 4.02. The second-order valence-electron chi connectivity index (χ2n) is 4.05. The molecule has 0 amide bonds. The monoisotopic (exact) mass is 259 g/mol. The Kier molecular flexibility index (Phi) is 5.58. The van der Waals surface area contributed by atoms with Gasteiger partial charge in [0, 0.05) is 28.2 Å². The van der Waals surface area contributed by atoms with Crippen LogP contribution in [0.5, 0.6) is 5.75 Å². The number of ether oxygens (including phenoxy) is 1. The first kappa shape index (κ1) is 14.1. The van der Waals surface area contributed by atoms with Crippen LogP contribution in [-0.2, 0) is 16.6 Å². The molecular weight excluding hydrogens is 241 g/mol. The van der Waals surface area contributed by atoms with E-state index in [-0.39, 0.29) is 17.5 Å². The van der Waals surface area contributed by atoms with Crippen molar-refractivity contribution in [2.45, 2.75) is 12.7 Å². The molecule has 5 heteroatoms. The molecule has 0 radical (unpaired) electrons. The molecule has 1 aromatic rings. The van der Waals surface area contributed by atoms with Gasteiger partial charge in [-0.05, 0) is 18.5 Å². The molecule has 0 heterocycles. The number of benzene rings is 1. The summed E-state index contributed by atoms with van der Waals surface area (Å²) >= 11 is 0. The van der Waals surface area contributed by atoms with Crippen LogP contribution in [0, 0.1) is 11.7 Å². The molecule has 0 aliphatic rings. The van der Waals surface area contributed by atoms with Crippen LogP contribution < -0.4 is 10.5 Å². The maximum Gasteiger partial charge on any atom is 0.131 e. The molecule has 0 aliphatic carbocycles. The molecule has 0 saturated carbocycles. The highest BCUT2D eigenvalue weighted by molar-refractivity contribution is 7.84. The fourth-order valence-electron chi connectivity index (χ4n) is 1.39. The summed E-state index contributed by atoms with van der Waals surface area (Å²) in [4.78, 5) is 0. The van der Waals surface area contributed by atoms with Gasteiger partial charge < -0.3 is 10.5 Å². The van der Waals surface area contributed by atoms with Crippen LogP contribution in [0.25, 0.3) is 0 Å². The number of hydrogen-bond acceptors (Lipinski definition) is 3. The van der Waals surface area contributed by atoms with Crippen LogP contribution in [0.15, 0.2) is 18.2 Å². The van der Waals surface area contributed by atoms with E-state index in [0.29, 0.717) is 23.6 Å². The second-order valence-corrected chi connectivity index (χ2v) is 5.55. The lowest BCUT2D eigenvalue weighted by atomic mass is 10.2. The summed E-state index contributed by atoms with van der Waals surface area (Å²) in [6, 6.07) is 4.58. The first-order chi connectivity index (χ1) is 8.06. The molecule has 96 valence electrons. The number of halogens is 1. The molecule has 0 aromatic heterocycles. The lowest BCUT2D eigenvalue weighted by Crippen LogP contribution is -2.18. The van der Waals surface area contributed by atoms with Crippen molar-refractivity contribution in [1.29, 1.82) is 0 Å². The van der Waals surface area contributed by atoms with E-state index in [1.807, 2.05) is 6.92 Å². The Labute approximate surface area is 104 Å². The SMILES string of the molecule is COc1ccc(CS(=O)CC(C)CN)c(F)c1. The first-order valence-corrected chi connectivity index (χ1v) is 6.93. The molecule has 0 fully saturated rings. The van der Waals surface area contributed by atoms with E-state index in [1.54, 1.807) is 12.1 Å². The van der Waals surface area contributed by atoms with Crippen molar-refractivity contribution < 1.29 is 13.3 Å². The van der Waals surface area contributed by atoms with Crippen LogP contribution in [0.4, 0.5) is 4.39 Å². The van der Waals surface area contributed by atoms with E-state index in [4.69, 9.17) is 10.5 Å². The summed E-state index contributed by atoms with van der Waals surface area (Å²) < 4.78 is 30.2. The Morgan fingerprint density at radius 2 is 2.24 bits per heavy atom. The van der Waals surface area contributed by atoms with Crippen LogP contribution in [0.2, 0.25) is 0 Å². The molecule has 0 aliphatic heterocycles. The average Bonchev–Trinajstić information content (AvgIpc) is 2.31. The van der Waals surface area contributed by atoms with Crippen molar-refractivity contribution >= 4 is 10.8 Å². The highest BCUT2D eigenvalue weighted by atomic mass is 32.2. The van der Waals surface area contributed by atoms with Gasteiger partial charge in [0.25, 0.3) is 0 Å². The zero-order valence-electron chi connectivity index (χ0n) is 10.1. The van der Waals surface area contributed by atoms with Crippen molar-refractivity contribution in [3.63, 3.8) is 0 Å². The van der Waals surface area contributed by atoms with Crippen molar-refractivity contribution in [2.24, 2.45) is 11.7 Å². The summed E-state index contributed by atoms with van der Waals surface area (Å²) in [5.41, 5.74) is 5.91. The minimum atomic E-state index is -1.08.